The van der Waals surface area contributed by atoms with Gasteiger partial charge in [0.05, 0.1) is 10.5 Å². The lowest BCUT2D eigenvalue weighted by molar-refractivity contribution is -0.384. The van der Waals surface area contributed by atoms with Gasteiger partial charge in [0.15, 0.2) is 0 Å². The van der Waals surface area contributed by atoms with Crippen LogP contribution in [0.1, 0.15) is 20.8 Å². The van der Waals surface area contributed by atoms with Crippen molar-refractivity contribution < 1.29 is 9.66 Å². The molecule has 0 aliphatic carbocycles. The molecule has 0 saturated carbocycles. The van der Waals surface area contributed by atoms with Gasteiger partial charge in [-0.25, -0.2) is 0 Å². The van der Waals surface area contributed by atoms with Crippen LogP contribution in [0.25, 0.3) is 0 Å². The standard InChI is InChI=1S/C12H17BrN2O3/c1-4-18-12(2,3)8-14-11-6-5-9(15(16)17)7-10(11)13/h5-7,14H,4,8H2,1-3H3. The van der Waals surface area contributed by atoms with E-state index in [-0.39, 0.29) is 11.3 Å². The van der Waals surface area contributed by atoms with Crippen molar-refractivity contribution in [1.82, 2.24) is 0 Å². The molecule has 0 aliphatic rings. The molecule has 5 nitrogen and oxygen atoms in total. The first-order valence-electron chi connectivity index (χ1n) is 5.67. The third kappa shape index (κ3) is 4.27. The van der Waals surface area contributed by atoms with Gasteiger partial charge in [0.2, 0.25) is 0 Å². The minimum absolute atomic E-state index is 0.0662. The van der Waals surface area contributed by atoms with Gasteiger partial charge in [-0.05, 0) is 42.8 Å². The van der Waals surface area contributed by atoms with Crippen molar-refractivity contribution in [3.05, 3.63) is 32.8 Å². The van der Waals surface area contributed by atoms with Crippen molar-refractivity contribution in [1.29, 1.82) is 0 Å². The molecule has 18 heavy (non-hydrogen) atoms. The number of nitro groups is 1. The number of halogens is 1. The van der Waals surface area contributed by atoms with E-state index >= 15 is 0 Å². The summed E-state index contributed by atoms with van der Waals surface area (Å²) < 4.78 is 6.24. The van der Waals surface area contributed by atoms with E-state index in [1.807, 2.05) is 20.8 Å². The molecular weight excluding hydrogens is 300 g/mol. The Labute approximate surface area is 115 Å². The molecule has 0 bridgehead atoms. The van der Waals surface area contributed by atoms with Crippen molar-refractivity contribution in [2.45, 2.75) is 26.4 Å². The fourth-order valence-electron chi connectivity index (χ4n) is 1.51. The lowest BCUT2D eigenvalue weighted by atomic mass is 10.1. The van der Waals surface area contributed by atoms with Crippen LogP contribution < -0.4 is 5.32 Å². The van der Waals surface area contributed by atoms with Crippen molar-refractivity contribution in [3.8, 4) is 0 Å². The fraction of sp³-hybridized carbons (Fsp3) is 0.500. The van der Waals surface area contributed by atoms with Gasteiger partial charge in [-0.3, -0.25) is 10.1 Å². The van der Waals surface area contributed by atoms with Crippen LogP contribution in [-0.2, 0) is 4.74 Å². The minimum atomic E-state index is -0.418. The normalized spacial score (nSPS) is 11.3. The maximum atomic E-state index is 10.6. The quantitative estimate of drug-likeness (QED) is 0.643. The lowest BCUT2D eigenvalue weighted by Crippen LogP contribution is -2.33. The zero-order chi connectivity index (χ0) is 13.8. The summed E-state index contributed by atoms with van der Waals surface area (Å²) >= 11 is 3.31. The number of rotatable bonds is 6. The van der Waals surface area contributed by atoms with Gasteiger partial charge in [-0.1, -0.05) is 0 Å². The second-order valence-electron chi connectivity index (χ2n) is 4.47. The topological polar surface area (TPSA) is 64.4 Å². The van der Waals surface area contributed by atoms with Crippen LogP contribution in [-0.4, -0.2) is 23.7 Å². The van der Waals surface area contributed by atoms with Crippen molar-refractivity contribution in [3.63, 3.8) is 0 Å². The molecule has 100 valence electrons. The summed E-state index contributed by atoms with van der Waals surface area (Å²) in [5.41, 5.74) is 0.598. The predicted octanol–water partition coefficient (Wildman–Crippen LogP) is 3.58. The Morgan fingerprint density at radius 1 is 1.50 bits per heavy atom. The van der Waals surface area contributed by atoms with Crippen LogP contribution in [0.15, 0.2) is 22.7 Å². The molecule has 1 aromatic carbocycles. The molecular formula is C12H17BrN2O3. The van der Waals surface area contributed by atoms with Crippen LogP contribution in [0.4, 0.5) is 11.4 Å². The molecule has 1 rings (SSSR count). The molecule has 1 N–H and O–H groups in total. The predicted molar refractivity (Wildman–Crippen MR) is 75.0 cm³/mol. The molecule has 1 aromatic rings. The van der Waals surface area contributed by atoms with Crippen LogP contribution in [0, 0.1) is 10.1 Å². The van der Waals surface area contributed by atoms with Crippen LogP contribution in [0.5, 0.6) is 0 Å². The third-order valence-corrected chi connectivity index (χ3v) is 3.06. The summed E-state index contributed by atoms with van der Waals surface area (Å²) in [4.78, 5) is 10.2. The number of anilines is 1. The summed E-state index contributed by atoms with van der Waals surface area (Å²) in [6, 6.07) is 4.64. The highest BCUT2D eigenvalue weighted by atomic mass is 79.9. The average Bonchev–Trinajstić information content (AvgIpc) is 2.27. The first-order chi connectivity index (χ1) is 8.35. The minimum Gasteiger partial charge on any atom is -0.381 e. The van der Waals surface area contributed by atoms with Gasteiger partial charge < -0.3 is 10.1 Å². The van der Waals surface area contributed by atoms with E-state index in [2.05, 4.69) is 21.2 Å². The Morgan fingerprint density at radius 2 is 2.17 bits per heavy atom. The largest absolute Gasteiger partial charge is 0.381 e. The van der Waals surface area contributed by atoms with Crippen LogP contribution in [0.2, 0.25) is 0 Å². The average molecular weight is 317 g/mol. The molecule has 6 heteroatoms. The van der Waals surface area contributed by atoms with E-state index in [4.69, 9.17) is 4.74 Å². The monoisotopic (exact) mass is 316 g/mol. The first kappa shape index (κ1) is 14.9. The Morgan fingerprint density at radius 3 is 2.67 bits per heavy atom. The molecule has 0 radical (unpaired) electrons. The zero-order valence-electron chi connectivity index (χ0n) is 10.7. The van der Waals surface area contributed by atoms with E-state index in [1.165, 1.54) is 12.1 Å². The Hall–Kier alpha value is -1.14. The second kappa shape index (κ2) is 6.15. The van der Waals surface area contributed by atoms with Crippen molar-refractivity contribution in [2.24, 2.45) is 0 Å². The fourth-order valence-corrected chi connectivity index (χ4v) is 2.02. The summed E-state index contributed by atoms with van der Waals surface area (Å²) in [6.07, 6.45) is 0. The number of nitro benzene ring substituents is 1. The molecule has 0 fully saturated rings. The van der Waals surface area contributed by atoms with Gasteiger partial charge in [0.1, 0.15) is 0 Å². The molecule has 0 heterocycles. The lowest BCUT2D eigenvalue weighted by Gasteiger charge is -2.25. The smallest absolute Gasteiger partial charge is 0.270 e. The molecule has 0 aliphatic heterocycles. The van der Waals surface area contributed by atoms with E-state index < -0.39 is 4.92 Å². The number of non-ortho nitro benzene ring substituents is 1. The van der Waals surface area contributed by atoms with Gasteiger partial charge in [0, 0.05) is 35.4 Å². The highest BCUT2D eigenvalue weighted by Crippen LogP contribution is 2.27. The maximum Gasteiger partial charge on any atom is 0.270 e. The summed E-state index contributed by atoms with van der Waals surface area (Å²) in [5.74, 6) is 0. The second-order valence-corrected chi connectivity index (χ2v) is 5.32. The highest BCUT2D eigenvalue weighted by Gasteiger charge is 2.18. The van der Waals surface area contributed by atoms with Crippen LogP contribution >= 0.6 is 15.9 Å². The molecule has 0 saturated heterocycles. The number of benzene rings is 1. The van der Waals surface area contributed by atoms with Gasteiger partial charge in [0.25, 0.3) is 5.69 Å². The third-order valence-electron chi connectivity index (χ3n) is 2.40. The van der Waals surface area contributed by atoms with E-state index in [0.29, 0.717) is 17.6 Å². The molecule has 0 spiro atoms. The molecule has 0 aromatic heterocycles. The summed E-state index contributed by atoms with van der Waals surface area (Å²) in [6.45, 7) is 7.20. The van der Waals surface area contributed by atoms with E-state index in [0.717, 1.165) is 5.69 Å². The molecule has 0 amide bonds. The Kier molecular flexibility index (Phi) is 5.10. The van der Waals surface area contributed by atoms with Gasteiger partial charge in [-0.15, -0.1) is 0 Å². The van der Waals surface area contributed by atoms with E-state index in [1.54, 1.807) is 6.07 Å². The zero-order valence-corrected chi connectivity index (χ0v) is 12.3. The number of hydrogen-bond donors (Lipinski definition) is 1. The Balaban J connectivity index is 2.71. The number of hydrogen-bond acceptors (Lipinski definition) is 4. The molecule has 0 unspecified atom stereocenters. The van der Waals surface area contributed by atoms with Crippen molar-refractivity contribution in [2.75, 3.05) is 18.5 Å². The van der Waals surface area contributed by atoms with Gasteiger partial charge >= 0.3 is 0 Å². The van der Waals surface area contributed by atoms with E-state index in [9.17, 15) is 10.1 Å². The number of nitrogens with zero attached hydrogens (tertiary/aromatic N) is 1. The van der Waals surface area contributed by atoms with Crippen LogP contribution in [0.3, 0.4) is 0 Å². The first-order valence-corrected chi connectivity index (χ1v) is 6.47. The van der Waals surface area contributed by atoms with Crippen molar-refractivity contribution >= 4 is 27.3 Å². The maximum absolute atomic E-state index is 10.6. The Bertz CT molecular complexity index is 435. The summed E-state index contributed by atoms with van der Waals surface area (Å²) in [7, 11) is 0. The summed E-state index contributed by atoms with van der Waals surface area (Å²) in [5, 5.41) is 13.8. The van der Waals surface area contributed by atoms with Gasteiger partial charge in [-0.2, -0.15) is 0 Å². The highest BCUT2D eigenvalue weighted by molar-refractivity contribution is 9.10. The number of ether oxygens (including phenoxy) is 1. The molecule has 0 atom stereocenters. The number of nitrogens with one attached hydrogen (secondary N) is 1. The SMILES string of the molecule is CCOC(C)(C)CNc1ccc([N+](=O)[O-])cc1Br.